The third kappa shape index (κ3) is 2.42. The molecule has 0 saturated carbocycles. The predicted molar refractivity (Wildman–Crippen MR) is 65.9 cm³/mol. The Hall–Kier alpha value is -1.22. The Morgan fingerprint density at radius 2 is 2.27 bits per heavy atom. The van der Waals surface area contributed by atoms with E-state index in [2.05, 4.69) is 35.5 Å². The average molecular weight is 218 g/mol. The van der Waals surface area contributed by atoms with E-state index in [1.807, 2.05) is 35.9 Å². The molecule has 0 saturated heterocycles. The molecule has 2 rings (SSSR count). The maximum absolute atomic E-state index is 4.34. The van der Waals surface area contributed by atoms with Gasteiger partial charge in [-0.25, -0.2) is 4.98 Å². The summed E-state index contributed by atoms with van der Waals surface area (Å²) in [6.45, 7) is 0. The lowest BCUT2D eigenvalue weighted by Gasteiger charge is -2.01. The Bertz CT molecular complexity index is 448. The van der Waals surface area contributed by atoms with Crippen molar-refractivity contribution in [3.05, 3.63) is 42.4 Å². The number of benzene rings is 1. The maximum Gasteiger partial charge on any atom is 0.0951 e. The number of aryl methyl sites for hydroxylation is 1. The summed E-state index contributed by atoms with van der Waals surface area (Å²) < 4.78 is 1.97. The van der Waals surface area contributed by atoms with Gasteiger partial charge in [-0.05, 0) is 17.9 Å². The van der Waals surface area contributed by atoms with Gasteiger partial charge in [-0.15, -0.1) is 0 Å². The third-order valence-electron chi connectivity index (χ3n) is 2.24. The highest BCUT2D eigenvalue weighted by Crippen LogP contribution is 2.19. The molecular weight excluding hydrogens is 204 g/mol. The first-order valence-electron chi connectivity index (χ1n) is 4.86. The fourth-order valence-electron chi connectivity index (χ4n) is 1.55. The van der Waals surface area contributed by atoms with Gasteiger partial charge in [0.25, 0.3) is 0 Å². The van der Waals surface area contributed by atoms with Crippen molar-refractivity contribution in [3.63, 3.8) is 0 Å². The number of nitrogens with zero attached hydrogens (tertiary/aromatic N) is 2. The van der Waals surface area contributed by atoms with Crippen LogP contribution in [0.2, 0.25) is 0 Å². The molecule has 0 aliphatic rings. The van der Waals surface area contributed by atoms with Crippen molar-refractivity contribution in [2.45, 2.75) is 5.75 Å². The topological polar surface area (TPSA) is 17.8 Å². The van der Waals surface area contributed by atoms with Crippen molar-refractivity contribution in [2.75, 3.05) is 6.26 Å². The molecule has 0 radical (unpaired) electrons. The monoisotopic (exact) mass is 218 g/mol. The molecule has 1 heterocycles. The summed E-state index contributed by atoms with van der Waals surface area (Å²) in [6, 6.07) is 8.56. The van der Waals surface area contributed by atoms with Crippen LogP contribution in [0.15, 0.2) is 36.8 Å². The molecule has 0 unspecified atom stereocenters. The molecule has 0 fully saturated rings. The number of thioether (sulfide) groups is 1. The summed E-state index contributed by atoms with van der Waals surface area (Å²) >= 11 is 1.84. The van der Waals surface area contributed by atoms with E-state index in [9.17, 15) is 0 Å². The number of hydrogen-bond acceptors (Lipinski definition) is 2. The minimum Gasteiger partial charge on any atom is -0.340 e. The number of imidazole rings is 1. The van der Waals surface area contributed by atoms with Gasteiger partial charge in [0.1, 0.15) is 0 Å². The quantitative estimate of drug-likeness (QED) is 0.788. The number of rotatable bonds is 3. The van der Waals surface area contributed by atoms with Crippen LogP contribution in [0.1, 0.15) is 5.56 Å². The van der Waals surface area contributed by atoms with Gasteiger partial charge < -0.3 is 4.57 Å². The Morgan fingerprint density at radius 1 is 1.40 bits per heavy atom. The molecule has 78 valence electrons. The summed E-state index contributed by atoms with van der Waals surface area (Å²) in [5.74, 6) is 1.06. The van der Waals surface area contributed by atoms with Crippen LogP contribution in [0.5, 0.6) is 0 Å². The lowest BCUT2D eigenvalue weighted by Crippen LogP contribution is -1.83. The summed E-state index contributed by atoms with van der Waals surface area (Å²) in [5, 5.41) is 0. The smallest absolute Gasteiger partial charge is 0.0951 e. The molecule has 0 spiro atoms. The van der Waals surface area contributed by atoms with E-state index < -0.39 is 0 Å². The van der Waals surface area contributed by atoms with Crippen LogP contribution < -0.4 is 0 Å². The highest BCUT2D eigenvalue weighted by molar-refractivity contribution is 7.97. The second-order valence-corrected chi connectivity index (χ2v) is 4.42. The lowest BCUT2D eigenvalue weighted by molar-refractivity contribution is 0.913. The molecule has 1 aromatic carbocycles. The highest BCUT2D eigenvalue weighted by atomic mass is 32.2. The molecule has 1 aromatic heterocycles. The largest absolute Gasteiger partial charge is 0.340 e. The Labute approximate surface area is 94.3 Å². The first-order valence-corrected chi connectivity index (χ1v) is 6.25. The molecule has 0 bridgehead atoms. The second kappa shape index (κ2) is 4.53. The molecule has 0 amide bonds. The lowest BCUT2D eigenvalue weighted by atomic mass is 10.1. The zero-order valence-corrected chi connectivity index (χ0v) is 9.79. The molecule has 0 N–H and O–H groups in total. The molecule has 0 atom stereocenters. The van der Waals surface area contributed by atoms with Gasteiger partial charge in [-0.2, -0.15) is 11.8 Å². The summed E-state index contributed by atoms with van der Waals surface area (Å²) in [4.78, 5) is 4.34. The van der Waals surface area contributed by atoms with E-state index in [0.29, 0.717) is 0 Å². The average Bonchev–Trinajstić information content (AvgIpc) is 2.66. The predicted octanol–water partition coefficient (Wildman–Crippen LogP) is 2.95. The molecule has 0 aliphatic heterocycles. The van der Waals surface area contributed by atoms with Crippen LogP contribution in [0.3, 0.4) is 0 Å². The Balaban J connectivity index is 2.32. The van der Waals surface area contributed by atoms with Crippen molar-refractivity contribution in [1.82, 2.24) is 9.55 Å². The van der Waals surface area contributed by atoms with Crippen LogP contribution in [0.25, 0.3) is 11.3 Å². The first kappa shape index (κ1) is 10.3. The highest BCUT2D eigenvalue weighted by Gasteiger charge is 2.01. The minimum absolute atomic E-state index is 1.04. The Kier molecular flexibility index (Phi) is 3.11. The van der Waals surface area contributed by atoms with Crippen molar-refractivity contribution >= 4 is 11.8 Å². The van der Waals surface area contributed by atoms with E-state index in [1.54, 1.807) is 0 Å². The van der Waals surface area contributed by atoms with Crippen LogP contribution >= 0.6 is 11.8 Å². The number of aromatic nitrogens is 2. The summed E-state index contributed by atoms with van der Waals surface area (Å²) in [6.07, 6.45) is 5.99. The van der Waals surface area contributed by atoms with E-state index in [-0.39, 0.29) is 0 Å². The van der Waals surface area contributed by atoms with Gasteiger partial charge in [0.15, 0.2) is 0 Å². The van der Waals surface area contributed by atoms with Gasteiger partial charge in [-0.1, -0.05) is 18.2 Å². The fourth-order valence-corrected chi connectivity index (χ4v) is 2.06. The van der Waals surface area contributed by atoms with Crippen molar-refractivity contribution in [2.24, 2.45) is 7.05 Å². The van der Waals surface area contributed by atoms with Gasteiger partial charge in [-0.3, -0.25) is 0 Å². The molecule has 15 heavy (non-hydrogen) atoms. The van der Waals surface area contributed by atoms with Crippen LogP contribution in [-0.2, 0) is 12.8 Å². The van der Waals surface area contributed by atoms with Crippen LogP contribution in [0.4, 0.5) is 0 Å². The second-order valence-electron chi connectivity index (χ2n) is 3.56. The maximum atomic E-state index is 4.34. The summed E-state index contributed by atoms with van der Waals surface area (Å²) in [7, 11) is 1.99. The van der Waals surface area contributed by atoms with Crippen LogP contribution in [0, 0.1) is 0 Å². The zero-order chi connectivity index (χ0) is 10.7. The Morgan fingerprint density at radius 3 is 2.93 bits per heavy atom. The van der Waals surface area contributed by atoms with Crippen LogP contribution in [-0.4, -0.2) is 15.8 Å². The van der Waals surface area contributed by atoms with Gasteiger partial charge in [0.05, 0.1) is 12.0 Å². The van der Waals surface area contributed by atoms with Crippen molar-refractivity contribution in [3.8, 4) is 11.3 Å². The van der Waals surface area contributed by atoms with E-state index in [0.717, 1.165) is 11.4 Å². The minimum atomic E-state index is 1.04. The molecule has 3 heteroatoms. The molecule has 0 aliphatic carbocycles. The van der Waals surface area contributed by atoms with Gasteiger partial charge in [0.2, 0.25) is 0 Å². The molecule has 2 nitrogen and oxygen atoms in total. The number of hydrogen-bond donors (Lipinski definition) is 0. The third-order valence-corrected chi connectivity index (χ3v) is 2.86. The SMILES string of the molecule is CSCc1cccc(-c2cn(C)cn2)c1. The van der Waals surface area contributed by atoms with E-state index in [1.165, 1.54) is 11.1 Å². The van der Waals surface area contributed by atoms with E-state index in [4.69, 9.17) is 0 Å². The zero-order valence-electron chi connectivity index (χ0n) is 8.97. The fraction of sp³-hybridized carbons (Fsp3) is 0.250. The van der Waals surface area contributed by atoms with Gasteiger partial charge >= 0.3 is 0 Å². The normalized spacial score (nSPS) is 10.5. The van der Waals surface area contributed by atoms with Gasteiger partial charge in [0, 0.05) is 24.6 Å². The van der Waals surface area contributed by atoms with E-state index >= 15 is 0 Å². The summed E-state index contributed by atoms with van der Waals surface area (Å²) in [5.41, 5.74) is 3.59. The first-order chi connectivity index (χ1) is 7.29. The van der Waals surface area contributed by atoms with Crippen molar-refractivity contribution in [1.29, 1.82) is 0 Å². The van der Waals surface area contributed by atoms with Crippen molar-refractivity contribution < 1.29 is 0 Å². The molecule has 2 aromatic rings. The molecular formula is C12H14N2S. The standard InChI is InChI=1S/C12H14N2S/c1-14-7-12(13-9-14)11-5-3-4-10(6-11)8-15-2/h3-7,9H,8H2,1-2H3.